The average Bonchev–Trinajstić information content (AvgIpc) is 3.02. The Morgan fingerprint density at radius 2 is 2.04 bits per heavy atom. The van der Waals surface area contributed by atoms with Gasteiger partial charge in [-0.15, -0.1) is 0 Å². The van der Waals surface area contributed by atoms with Crippen molar-refractivity contribution in [3.8, 4) is 0 Å². The minimum absolute atomic E-state index is 0.0269. The number of aromatic nitrogens is 1. The highest BCUT2D eigenvalue weighted by Gasteiger charge is 2.34. The lowest BCUT2D eigenvalue weighted by molar-refractivity contribution is -0.136. The first-order valence-electron chi connectivity index (χ1n) is 9.34. The largest absolute Gasteiger partial charge is 0.452 e. The fourth-order valence-corrected chi connectivity index (χ4v) is 5.27. The molecule has 0 radical (unpaired) electrons. The zero-order chi connectivity index (χ0) is 20.3. The molecular weight excluding hydrogens is 380 g/mol. The lowest BCUT2D eigenvalue weighted by Gasteiger charge is -2.27. The summed E-state index contributed by atoms with van der Waals surface area (Å²) in [6, 6.07) is 8.54. The van der Waals surface area contributed by atoms with Crippen LogP contribution in [0, 0.1) is 6.92 Å². The maximum atomic E-state index is 12.6. The van der Waals surface area contributed by atoms with Crippen LogP contribution in [0.3, 0.4) is 0 Å². The molecule has 8 heteroatoms. The van der Waals surface area contributed by atoms with Gasteiger partial charge in [-0.1, -0.05) is 25.1 Å². The van der Waals surface area contributed by atoms with Crippen molar-refractivity contribution in [1.82, 2.24) is 9.88 Å². The Bertz CT molecular complexity index is 1000. The van der Waals surface area contributed by atoms with Gasteiger partial charge in [-0.05, 0) is 31.9 Å². The van der Waals surface area contributed by atoms with Crippen molar-refractivity contribution in [2.75, 3.05) is 24.7 Å². The zero-order valence-electron chi connectivity index (χ0n) is 16.1. The van der Waals surface area contributed by atoms with Gasteiger partial charge >= 0.3 is 5.97 Å². The molecule has 7 nitrogen and oxygen atoms in total. The molecule has 2 aromatic rings. The second-order valence-electron chi connectivity index (χ2n) is 7.05. The lowest BCUT2D eigenvalue weighted by atomic mass is 10.1. The highest BCUT2D eigenvalue weighted by molar-refractivity contribution is 7.91. The van der Waals surface area contributed by atoms with Crippen LogP contribution in [0.5, 0.6) is 0 Å². The fraction of sp³-hybridized carbons (Fsp3) is 0.450. The number of fused-ring (bicyclic) bond motifs is 1. The molecule has 0 saturated carbocycles. The van der Waals surface area contributed by atoms with E-state index in [4.69, 9.17) is 4.74 Å². The molecule has 1 aromatic carbocycles. The van der Waals surface area contributed by atoms with Gasteiger partial charge in [-0.3, -0.25) is 9.78 Å². The Morgan fingerprint density at radius 1 is 1.29 bits per heavy atom. The number of benzene rings is 1. The number of para-hydroxylation sites is 1. The summed E-state index contributed by atoms with van der Waals surface area (Å²) >= 11 is 0. The minimum Gasteiger partial charge on any atom is -0.452 e. The Labute approximate surface area is 164 Å². The van der Waals surface area contributed by atoms with E-state index in [1.807, 2.05) is 25.1 Å². The third-order valence-corrected chi connectivity index (χ3v) is 6.58. The van der Waals surface area contributed by atoms with E-state index in [1.165, 1.54) is 4.90 Å². The molecule has 3 rings (SSSR count). The first kappa shape index (κ1) is 20.3. The Morgan fingerprint density at radius 3 is 2.71 bits per heavy atom. The molecular formula is C20H24N2O5S. The fourth-order valence-electron chi connectivity index (χ4n) is 3.54. The lowest BCUT2D eigenvalue weighted by Crippen LogP contribution is -2.43. The number of pyridine rings is 1. The molecule has 28 heavy (non-hydrogen) atoms. The molecule has 1 aliphatic rings. The van der Waals surface area contributed by atoms with Crippen molar-refractivity contribution in [1.29, 1.82) is 0 Å². The molecule has 1 unspecified atom stereocenters. The first-order chi connectivity index (χ1) is 13.3. The predicted molar refractivity (Wildman–Crippen MR) is 106 cm³/mol. The molecule has 0 spiro atoms. The van der Waals surface area contributed by atoms with E-state index in [0.29, 0.717) is 41.5 Å². The molecule has 1 atom stereocenters. The molecule has 1 saturated heterocycles. The molecule has 1 aliphatic heterocycles. The molecule has 2 heterocycles. The van der Waals surface area contributed by atoms with Gasteiger partial charge < -0.3 is 9.64 Å². The standard InChI is InChI=1S/C20H24N2O5S/c1-3-9-22(15-8-10-28(25,26)13-15)19(23)12-27-20(24)17-11-14(2)21-18-7-5-4-6-16(17)18/h4-7,11,15H,3,8-10,12-13H2,1-2H3. The second-order valence-corrected chi connectivity index (χ2v) is 9.28. The van der Waals surface area contributed by atoms with Crippen molar-refractivity contribution >= 4 is 32.6 Å². The summed E-state index contributed by atoms with van der Waals surface area (Å²) in [6.07, 6.45) is 1.13. The number of sulfone groups is 1. The highest BCUT2D eigenvalue weighted by atomic mass is 32.2. The number of aryl methyl sites for hydroxylation is 1. The number of rotatable bonds is 6. The van der Waals surface area contributed by atoms with Gasteiger partial charge in [0, 0.05) is 23.7 Å². The normalized spacial score (nSPS) is 18.1. The van der Waals surface area contributed by atoms with Gasteiger partial charge in [0.2, 0.25) is 0 Å². The number of ether oxygens (including phenoxy) is 1. The van der Waals surface area contributed by atoms with E-state index < -0.39 is 22.4 Å². The van der Waals surface area contributed by atoms with E-state index in [-0.39, 0.29) is 23.5 Å². The minimum atomic E-state index is -3.10. The first-order valence-corrected chi connectivity index (χ1v) is 11.2. The summed E-state index contributed by atoms with van der Waals surface area (Å²) in [4.78, 5) is 31.2. The maximum Gasteiger partial charge on any atom is 0.339 e. The van der Waals surface area contributed by atoms with Gasteiger partial charge in [-0.2, -0.15) is 0 Å². The average molecular weight is 404 g/mol. The van der Waals surface area contributed by atoms with E-state index in [2.05, 4.69) is 4.98 Å². The number of hydrogen-bond acceptors (Lipinski definition) is 6. The Kier molecular flexibility index (Phi) is 5.98. The highest BCUT2D eigenvalue weighted by Crippen LogP contribution is 2.20. The smallest absolute Gasteiger partial charge is 0.339 e. The molecule has 0 N–H and O–H groups in total. The Hall–Kier alpha value is -2.48. The van der Waals surface area contributed by atoms with Crippen LogP contribution in [0.4, 0.5) is 0 Å². The molecule has 0 bridgehead atoms. The molecule has 1 aromatic heterocycles. The SMILES string of the molecule is CCCN(C(=O)COC(=O)c1cc(C)nc2ccccc12)C1CCS(=O)(=O)C1. The number of carbonyl (C=O) groups is 2. The van der Waals surface area contributed by atoms with Crippen molar-refractivity contribution in [2.24, 2.45) is 0 Å². The van der Waals surface area contributed by atoms with Gasteiger partial charge in [0.15, 0.2) is 16.4 Å². The number of esters is 1. The number of carbonyl (C=O) groups excluding carboxylic acids is 2. The molecule has 1 fully saturated rings. The van der Waals surface area contributed by atoms with Crippen molar-refractivity contribution in [3.05, 3.63) is 41.6 Å². The maximum absolute atomic E-state index is 12.6. The van der Waals surface area contributed by atoms with Gasteiger partial charge in [0.25, 0.3) is 5.91 Å². The molecule has 150 valence electrons. The summed E-state index contributed by atoms with van der Waals surface area (Å²) in [7, 11) is -3.10. The van der Waals surface area contributed by atoms with Crippen LogP contribution < -0.4 is 0 Å². The van der Waals surface area contributed by atoms with Gasteiger partial charge in [-0.25, -0.2) is 13.2 Å². The van der Waals surface area contributed by atoms with Crippen LogP contribution in [0.15, 0.2) is 30.3 Å². The monoisotopic (exact) mass is 404 g/mol. The third-order valence-electron chi connectivity index (χ3n) is 4.82. The quantitative estimate of drug-likeness (QED) is 0.685. The molecule has 0 aliphatic carbocycles. The van der Waals surface area contributed by atoms with Crippen LogP contribution in [0.1, 0.15) is 35.8 Å². The van der Waals surface area contributed by atoms with Crippen LogP contribution >= 0.6 is 0 Å². The van der Waals surface area contributed by atoms with Crippen molar-refractivity contribution in [2.45, 2.75) is 32.7 Å². The van der Waals surface area contributed by atoms with Crippen LogP contribution in [-0.2, 0) is 19.4 Å². The topological polar surface area (TPSA) is 93.6 Å². The van der Waals surface area contributed by atoms with Crippen LogP contribution in [0.2, 0.25) is 0 Å². The third kappa shape index (κ3) is 4.49. The zero-order valence-corrected chi connectivity index (χ0v) is 16.9. The summed E-state index contributed by atoms with van der Waals surface area (Å²) in [5, 5.41) is 0.665. The summed E-state index contributed by atoms with van der Waals surface area (Å²) in [6.45, 7) is 3.73. The van der Waals surface area contributed by atoms with Crippen LogP contribution in [0.25, 0.3) is 10.9 Å². The molecule has 1 amide bonds. The summed E-state index contributed by atoms with van der Waals surface area (Å²) in [5.74, 6) is -0.897. The van der Waals surface area contributed by atoms with Gasteiger partial charge in [0.1, 0.15) is 0 Å². The van der Waals surface area contributed by atoms with E-state index in [9.17, 15) is 18.0 Å². The van der Waals surface area contributed by atoms with E-state index >= 15 is 0 Å². The number of nitrogens with zero attached hydrogens (tertiary/aromatic N) is 2. The summed E-state index contributed by atoms with van der Waals surface area (Å²) in [5.41, 5.74) is 1.73. The Balaban J connectivity index is 1.72. The number of amides is 1. The van der Waals surface area contributed by atoms with Crippen LogP contribution in [-0.4, -0.2) is 60.9 Å². The van der Waals surface area contributed by atoms with E-state index in [0.717, 1.165) is 0 Å². The predicted octanol–water partition coefficient (Wildman–Crippen LogP) is 2.13. The number of hydrogen-bond donors (Lipinski definition) is 0. The van der Waals surface area contributed by atoms with Crippen molar-refractivity contribution < 1.29 is 22.7 Å². The van der Waals surface area contributed by atoms with Crippen molar-refractivity contribution in [3.63, 3.8) is 0 Å². The van der Waals surface area contributed by atoms with E-state index in [1.54, 1.807) is 19.1 Å². The van der Waals surface area contributed by atoms with Gasteiger partial charge in [0.05, 0.1) is 22.6 Å². The second kappa shape index (κ2) is 8.26. The summed E-state index contributed by atoms with van der Waals surface area (Å²) < 4.78 is 28.8.